The number of carbonyl (C=O) groups excluding carboxylic acids is 4. The van der Waals surface area contributed by atoms with Crippen molar-refractivity contribution in [2.45, 2.75) is 0 Å². The average Bonchev–Trinajstić information content (AvgIpc) is 3.24. The number of piperazine rings is 1. The summed E-state index contributed by atoms with van der Waals surface area (Å²) < 4.78 is 19.6. The van der Waals surface area contributed by atoms with Gasteiger partial charge in [-0.1, -0.05) is 0 Å². The maximum Gasteiger partial charge on any atom is 0.320 e. The molecular weight excluding hydrogens is 409 g/mol. The Hall–Kier alpha value is -3.47. The molecule has 2 aromatic rings. The number of aromatic amines is 1. The van der Waals surface area contributed by atoms with Gasteiger partial charge < -0.3 is 30.2 Å². The third-order valence-corrected chi connectivity index (χ3v) is 5.61. The minimum absolute atomic E-state index is 0.0261. The van der Waals surface area contributed by atoms with Gasteiger partial charge in [0, 0.05) is 50.9 Å². The normalized spacial score (nSPS) is 17.1. The van der Waals surface area contributed by atoms with E-state index in [2.05, 4.69) is 4.98 Å². The Labute approximate surface area is 176 Å². The number of ketones is 1. The van der Waals surface area contributed by atoms with E-state index < -0.39 is 23.4 Å². The van der Waals surface area contributed by atoms with Crippen LogP contribution in [0, 0.1) is 5.82 Å². The molecule has 4 amide bonds. The highest BCUT2D eigenvalue weighted by Crippen LogP contribution is 2.26. The number of morpholine rings is 1. The van der Waals surface area contributed by atoms with E-state index in [4.69, 9.17) is 10.5 Å². The van der Waals surface area contributed by atoms with E-state index >= 15 is 0 Å². The summed E-state index contributed by atoms with van der Waals surface area (Å²) in [5, 5.41) is -0.143. The van der Waals surface area contributed by atoms with Gasteiger partial charge in [-0.25, -0.2) is 9.18 Å². The molecule has 164 valence electrons. The lowest BCUT2D eigenvalue weighted by atomic mass is 10.0. The van der Waals surface area contributed by atoms with E-state index in [1.807, 2.05) is 0 Å². The second-order valence-electron chi connectivity index (χ2n) is 7.40. The topological polar surface area (TPSA) is 129 Å². The zero-order valence-corrected chi connectivity index (χ0v) is 16.7. The van der Waals surface area contributed by atoms with Crippen molar-refractivity contribution < 1.29 is 28.3 Å². The van der Waals surface area contributed by atoms with E-state index in [0.29, 0.717) is 39.4 Å². The molecule has 10 nitrogen and oxygen atoms in total. The summed E-state index contributed by atoms with van der Waals surface area (Å²) in [6.07, 6.45) is 1.21. The van der Waals surface area contributed by atoms with Crippen molar-refractivity contribution >= 4 is 34.5 Å². The number of amides is 4. The summed E-state index contributed by atoms with van der Waals surface area (Å²) in [5.41, 5.74) is 5.24. The number of primary amides is 1. The van der Waals surface area contributed by atoms with E-state index in [0.717, 1.165) is 6.07 Å². The highest BCUT2D eigenvalue weighted by molar-refractivity contribution is 6.45. The number of urea groups is 1. The second kappa shape index (κ2) is 8.34. The highest BCUT2D eigenvalue weighted by atomic mass is 19.1. The van der Waals surface area contributed by atoms with Gasteiger partial charge in [-0.15, -0.1) is 0 Å². The minimum atomic E-state index is -0.889. The number of nitrogens with zero attached hydrogens (tertiary/aromatic N) is 3. The molecule has 3 N–H and O–H groups in total. The number of fused-ring (bicyclic) bond motifs is 1. The lowest BCUT2D eigenvalue weighted by Crippen LogP contribution is -2.56. The number of carbonyl (C=O) groups is 4. The van der Waals surface area contributed by atoms with Crippen LogP contribution in [0.1, 0.15) is 20.7 Å². The summed E-state index contributed by atoms with van der Waals surface area (Å²) >= 11 is 0. The molecule has 31 heavy (non-hydrogen) atoms. The fourth-order valence-corrected chi connectivity index (χ4v) is 3.91. The quantitative estimate of drug-likeness (QED) is 0.529. The Morgan fingerprint density at radius 2 is 1.52 bits per heavy atom. The molecule has 0 aliphatic carbocycles. The number of halogens is 1. The molecule has 2 fully saturated rings. The van der Waals surface area contributed by atoms with Crippen LogP contribution in [0.25, 0.3) is 10.9 Å². The molecule has 2 saturated heterocycles. The number of nitrogens with one attached hydrogen (secondary N) is 1. The van der Waals surface area contributed by atoms with Crippen LogP contribution in [0.15, 0.2) is 18.3 Å². The maximum absolute atomic E-state index is 14.4. The third kappa shape index (κ3) is 3.83. The molecule has 1 aromatic carbocycles. The zero-order valence-electron chi connectivity index (χ0n) is 16.7. The Bertz CT molecular complexity index is 1050. The Kier molecular flexibility index (Phi) is 5.59. The molecule has 0 unspecified atom stereocenters. The molecule has 3 heterocycles. The van der Waals surface area contributed by atoms with Gasteiger partial charge in [-0.05, 0) is 12.1 Å². The number of aromatic nitrogens is 1. The molecule has 0 atom stereocenters. The predicted molar refractivity (Wildman–Crippen MR) is 107 cm³/mol. The summed E-state index contributed by atoms with van der Waals surface area (Å²) in [7, 11) is 0. The summed E-state index contributed by atoms with van der Waals surface area (Å²) in [6, 6.07) is 2.14. The van der Waals surface area contributed by atoms with Gasteiger partial charge in [0.05, 0.1) is 29.9 Å². The van der Waals surface area contributed by atoms with Gasteiger partial charge in [0.1, 0.15) is 5.82 Å². The van der Waals surface area contributed by atoms with Gasteiger partial charge in [0.25, 0.3) is 17.6 Å². The van der Waals surface area contributed by atoms with Crippen LogP contribution in [0.4, 0.5) is 9.18 Å². The Morgan fingerprint density at radius 3 is 2.16 bits per heavy atom. The molecule has 0 spiro atoms. The first-order valence-electron chi connectivity index (χ1n) is 9.93. The smallest absolute Gasteiger partial charge is 0.320 e. The Balaban J connectivity index is 1.46. The van der Waals surface area contributed by atoms with Crippen LogP contribution in [0.2, 0.25) is 0 Å². The van der Waals surface area contributed by atoms with E-state index in [9.17, 15) is 23.6 Å². The number of benzene rings is 1. The fourth-order valence-electron chi connectivity index (χ4n) is 3.91. The van der Waals surface area contributed by atoms with Gasteiger partial charge in [0.15, 0.2) is 0 Å². The number of ether oxygens (including phenoxy) is 1. The van der Waals surface area contributed by atoms with E-state index in [1.54, 1.807) is 9.80 Å². The van der Waals surface area contributed by atoms with Crippen molar-refractivity contribution in [3.63, 3.8) is 0 Å². The molecular formula is C20H22FN5O5. The highest BCUT2D eigenvalue weighted by Gasteiger charge is 2.32. The Morgan fingerprint density at radius 1 is 0.903 bits per heavy atom. The van der Waals surface area contributed by atoms with Crippen molar-refractivity contribution in [3.05, 3.63) is 35.3 Å². The number of hydrogen-bond donors (Lipinski definition) is 2. The van der Waals surface area contributed by atoms with E-state index in [1.165, 1.54) is 17.2 Å². The monoisotopic (exact) mass is 431 g/mol. The molecule has 0 bridgehead atoms. The molecule has 4 rings (SSSR count). The van der Waals surface area contributed by atoms with Gasteiger partial charge >= 0.3 is 6.03 Å². The van der Waals surface area contributed by atoms with Gasteiger partial charge in [0.2, 0.25) is 0 Å². The third-order valence-electron chi connectivity index (χ3n) is 5.61. The number of Topliss-reactive ketones (excluding diaryl/α,β-unsaturated/α-hetero) is 1. The van der Waals surface area contributed by atoms with Crippen LogP contribution in [0.3, 0.4) is 0 Å². The zero-order chi connectivity index (χ0) is 22.1. The average molecular weight is 431 g/mol. The summed E-state index contributed by atoms with van der Waals surface area (Å²) in [5.74, 6) is -3.19. The van der Waals surface area contributed by atoms with Crippen LogP contribution >= 0.6 is 0 Å². The molecule has 1 aromatic heterocycles. The molecule has 11 heteroatoms. The second-order valence-corrected chi connectivity index (χ2v) is 7.40. The van der Waals surface area contributed by atoms with Crippen molar-refractivity contribution in [3.8, 4) is 0 Å². The van der Waals surface area contributed by atoms with E-state index in [-0.39, 0.29) is 41.2 Å². The SMILES string of the molecule is NC(=O)c1ccc(F)c2c(C(=O)C(=O)N3CCN(C(=O)N4CCOCC4)CC3)c[nH]c12. The number of hydrogen-bond acceptors (Lipinski definition) is 5. The van der Waals surface area contributed by atoms with Gasteiger partial charge in [-0.3, -0.25) is 14.4 Å². The standard InChI is InChI=1S/C20H22FN5O5/c21-14-2-1-12(18(22)28)16-15(14)13(11-23-16)17(27)19(29)24-3-5-25(6-4-24)20(30)26-7-9-31-10-8-26/h1-2,11,23H,3-10H2,(H2,22,28). The van der Waals surface area contributed by atoms with Crippen LogP contribution < -0.4 is 5.73 Å². The minimum Gasteiger partial charge on any atom is -0.378 e. The summed E-state index contributed by atoms with van der Waals surface area (Å²) in [6.45, 7) is 3.02. The lowest BCUT2D eigenvalue weighted by Gasteiger charge is -2.38. The van der Waals surface area contributed by atoms with Crippen molar-refractivity contribution in [1.29, 1.82) is 0 Å². The largest absolute Gasteiger partial charge is 0.378 e. The number of nitrogens with two attached hydrogens (primary N) is 1. The fraction of sp³-hybridized carbons (Fsp3) is 0.400. The van der Waals surface area contributed by atoms with Crippen molar-refractivity contribution in [1.82, 2.24) is 19.7 Å². The van der Waals surface area contributed by atoms with Crippen molar-refractivity contribution in [2.75, 3.05) is 52.5 Å². The molecule has 0 saturated carbocycles. The van der Waals surface area contributed by atoms with Gasteiger partial charge in [-0.2, -0.15) is 0 Å². The molecule has 2 aliphatic heterocycles. The van der Waals surface area contributed by atoms with Crippen LogP contribution in [0.5, 0.6) is 0 Å². The van der Waals surface area contributed by atoms with Crippen molar-refractivity contribution in [2.24, 2.45) is 5.73 Å². The first kappa shape index (κ1) is 20.8. The summed E-state index contributed by atoms with van der Waals surface area (Å²) in [4.78, 5) is 57.1. The van der Waals surface area contributed by atoms with Crippen LogP contribution in [-0.2, 0) is 9.53 Å². The van der Waals surface area contributed by atoms with Crippen LogP contribution in [-0.4, -0.2) is 95.8 Å². The first-order valence-corrected chi connectivity index (χ1v) is 9.93. The number of H-pyrrole nitrogens is 1. The molecule has 0 radical (unpaired) electrons. The first-order chi connectivity index (χ1) is 14.9. The maximum atomic E-state index is 14.4. The lowest BCUT2D eigenvalue weighted by molar-refractivity contribution is -0.127. The number of rotatable bonds is 3. The predicted octanol–water partition coefficient (Wildman–Crippen LogP) is 0.185. The molecule has 2 aliphatic rings.